The Morgan fingerprint density at radius 3 is 2.45 bits per heavy atom. The fraction of sp³-hybridized carbons (Fsp3) is 1.00. The summed E-state index contributed by atoms with van der Waals surface area (Å²) in [6, 6.07) is 0. The highest BCUT2D eigenvalue weighted by molar-refractivity contribution is 4.42. The van der Waals surface area contributed by atoms with E-state index < -0.39 is 6.29 Å². The summed E-state index contributed by atoms with van der Waals surface area (Å²) in [5.74, 6) is 0. The molecule has 0 saturated heterocycles. The molecule has 0 aliphatic carbocycles. The Bertz CT molecular complexity index is 84.5. The molecule has 0 aromatic rings. The van der Waals surface area contributed by atoms with Crippen molar-refractivity contribution in [1.82, 2.24) is 0 Å². The average molecular weight is 164 g/mol. The Labute approximate surface area is 66.7 Å². The molecule has 0 rings (SSSR count). The van der Waals surface area contributed by atoms with E-state index in [9.17, 15) is 0 Å². The van der Waals surface area contributed by atoms with Crippen LogP contribution in [-0.4, -0.2) is 42.4 Å². The zero-order chi connectivity index (χ0) is 8.69. The molecular weight excluding hydrogens is 148 g/mol. The molecular formula is C7H16O4. The molecule has 0 saturated carbocycles. The van der Waals surface area contributed by atoms with Gasteiger partial charge in [0.15, 0.2) is 6.29 Å². The number of rotatable bonds is 6. The quantitative estimate of drug-likeness (QED) is 0.419. The third-order valence-electron chi connectivity index (χ3n) is 0.925. The molecule has 0 aromatic heterocycles. The lowest BCUT2D eigenvalue weighted by Gasteiger charge is -2.14. The maximum absolute atomic E-state index is 9.02. The van der Waals surface area contributed by atoms with Crippen molar-refractivity contribution in [3.8, 4) is 0 Å². The van der Waals surface area contributed by atoms with E-state index in [4.69, 9.17) is 19.7 Å². The van der Waals surface area contributed by atoms with Gasteiger partial charge in [0, 0.05) is 0 Å². The lowest BCUT2D eigenvalue weighted by atomic mass is 10.5. The van der Waals surface area contributed by atoms with E-state index in [1.54, 1.807) is 0 Å². The predicted octanol–water partition coefficient (Wildman–Crippen LogP) is -0.261. The van der Waals surface area contributed by atoms with Gasteiger partial charge in [-0.3, -0.25) is 0 Å². The molecule has 2 N–H and O–H groups in total. The van der Waals surface area contributed by atoms with Crippen LogP contribution in [0.3, 0.4) is 0 Å². The first-order valence-electron chi connectivity index (χ1n) is 3.69. The van der Waals surface area contributed by atoms with Crippen LogP contribution in [0.15, 0.2) is 0 Å². The van der Waals surface area contributed by atoms with Crippen molar-refractivity contribution in [1.29, 1.82) is 0 Å². The van der Waals surface area contributed by atoms with Gasteiger partial charge in [0.05, 0.1) is 25.9 Å². The van der Waals surface area contributed by atoms with E-state index in [-0.39, 0.29) is 25.9 Å². The molecule has 1 atom stereocenters. The van der Waals surface area contributed by atoms with E-state index in [1.807, 2.05) is 13.8 Å². The van der Waals surface area contributed by atoms with Crippen LogP contribution in [0.1, 0.15) is 13.8 Å². The molecule has 0 fully saturated rings. The lowest BCUT2D eigenvalue weighted by Crippen LogP contribution is -2.23. The topological polar surface area (TPSA) is 58.9 Å². The molecule has 0 bridgehead atoms. The Balaban J connectivity index is 3.15. The van der Waals surface area contributed by atoms with Gasteiger partial charge in [-0.25, -0.2) is 0 Å². The van der Waals surface area contributed by atoms with Crippen molar-refractivity contribution >= 4 is 0 Å². The van der Waals surface area contributed by atoms with E-state index in [1.165, 1.54) is 0 Å². The van der Waals surface area contributed by atoms with Gasteiger partial charge in [-0.05, 0) is 13.8 Å². The van der Waals surface area contributed by atoms with Crippen molar-refractivity contribution in [3.63, 3.8) is 0 Å². The molecule has 0 amide bonds. The Morgan fingerprint density at radius 1 is 1.36 bits per heavy atom. The third kappa shape index (κ3) is 7.74. The van der Waals surface area contributed by atoms with Gasteiger partial charge >= 0.3 is 0 Å². The molecule has 0 spiro atoms. The molecule has 0 aliphatic heterocycles. The van der Waals surface area contributed by atoms with E-state index in [0.29, 0.717) is 0 Å². The highest BCUT2D eigenvalue weighted by Crippen LogP contribution is 1.94. The summed E-state index contributed by atoms with van der Waals surface area (Å²) in [6.45, 7) is 3.97. The maximum Gasteiger partial charge on any atom is 0.178 e. The fourth-order valence-electron chi connectivity index (χ4n) is 0.602. The van der Waals surface area contributed by atoms with Crippen LogP contribution in [-0.2, 0) is 9.47 Å². The SMILES string of the molecule is CC(C)OC(O)COCCO. The Morgan fingerprint density at radius 2 is 2.00 bits per heavy atom. The summed E-state index contributed by atoms with van der Waals surface area (Å²) in [7, 11) is 0. The molecule has 4 nitrogen and oxygen atoms in total. The number of hydrogen-bond acceptors (Lipinski definition) is 4. The molecule has 0 radical (unpaired) electrons. The number of hydrogen-bond donors (Lipinski definition) is 2. The highest BCUT2D eigenvalue weighted by Gasteiger charge is 2.05. The minimum Gasteiger partial charge on any atom is -0.394 e. The summed E-state index contributed by atoms with van der Waals surface area (Å²) in [4.78, 5) is 0. The maximum atomic E-state index is 9.02. The zero-order valence-electron chi connectivity index (χ0n) is 6.99. The van der Waals surface area contributed by atoms with Crippen LogP contribution in [0.4, 0.5) is 0 Å². The van der Waals surface area contributed by atoms with Crippen molar-refractivity contribution in [2.75, 3.05) is 19.8 Å². The van der Waals surface area contributed by atoms with Crippen LogP contribution < -0.4 is 0 Å². The van der Waals surface area contributed by atoms with Gasteiger partial charge in [-0.1, -0.05) is 0 Å². The highest BCUT2D eigenvalue weighted by atomic mass is 16.6. The molecule has 0 aliphatic rings. The second kappa shape index (κ2) is 6.54. The van der Waals surface area contributed by atoms with Crippen molar-refractivity contribution in [2.45, 2.75) is 26.2 Å². The standard InChI is InChI=1S/C7H16O4/c1-6(2)11-7(9)5-10-4-3-8/h6-9H,3-5H2,1-2H3. The van der Waals surface area contributed by atoms with Crippen LogP contribution in [0, 0.1) is 0 Å². The van der Waals surface area contributed by atoms with Gasteiger partial charge in [0.2, 0.25) is 0 Å². The molecule has 11 heavy (non-hydrogen) atoms. The normalized spacial score (nSPS) is 13.9. The van der Waals surface area contributed by atoms with Gasteiger partial charge in [-0.15, -0.1) is 0 Å². The number of aliphatic hydroxyl groups is 2. The average Bonchev–Trinajstić information content (AvgIpc) is 1.86. The van der Waals surface area contributed by atoms with E-state index >= 15 is 0 Å². The van der Waals surface area contributed by atoms with Crippen LogP contribution in [0.2, 0.25) is 0 Å². The van der Waals surface area contributed by atoms with Gasteiger partial charge < -0.3 is 19.7 Å². The molecule has 0 heterocycles. The molecule has 0 aromatic carbocycles. The van der Waals surface area contributed by atoms with Gasteiger partial charge in [0.25, 0.3) is 0 Å². The zero-order valence-corrected chi connectivity index (χ0v) is 6.99. The van der Waals surface area contributed by atoms with Crippen molar-refractivity contribution in [2.24, 2.45) is 0 Å². The summed E-state index contributed by atoms with van der Waals surface area (Å²) >= 11 is 0. The smallest absolute Gasteiger partial charge is 0.178 e. The first-order chi connectivity index (χ1) is 5.16. The van der Waals surface area contributed by atoms with Crippen molar-refractivity contribution in [3.05, 3.63) is 0 Å². The summed E-state index contributed by atoms with van der Waals surface area (Å²) in [6.07, 6.45) is -0.899. The third-order valence-corrected chi connectivity index (χ3v) is 0.925. The van der Waals surface area contributed by atoms with Crippen LogP contribution >= 0.6 is 0 Å². The first kappa shape index (κ1) is 10.8. The van der Waals surface area contributed by atoms with Crippen LogP contribution in [0.5, 0.6) is 0 Å². The summed E-state index contributed by atoms with van der Waals surface area (Å²) in [5, 5.41) is 17.3. The molecule has 68 valence electrons. The number of ether oxygens (including phenoxy) is 2. The Hall–Kier alpha value is -0.160. The fourth-order valence-corrected chi connectivity index (χ4v) is 0.602. The summed E-state index contributed by atoms with van der Waals surface area (Å²) in [5.41, 5.74) is 0. The molecule has 4 heteroatoms. The molecule has 1 unspecified atom stereocenters. The second-order valence-corrected chi connectivity index (χ2v) is 2.44. The van der Waals surface area contributed by atoms with Gasteiger partial charge in [-0.2, -0.15) is 0 Å². The largest absolute Gasteiger partial charge is 0.394 e. The first-order valence-corrected chi connectivity index (χ1v) is 3.69. The van der Waals surface area contributed by atoms with Crippen molar-refractivity contribution < 1.29 is 19.7 Å². The van der Waals surface area contributed by atoms with Gasteiger partial charge in [0.1, 0.15) is 0 Å². The van der Waals surface area contributed by atoms with E-state index in [0.717, 1.165) is 0 Å². The lowest BCUT2D eigenvalue weighted by molar-refractivity contribution is -0.159. The van der Waals surface area contributed by atoms with E-state index in [2.05, 4.69) is 0 Å². The monoisotopic (exact) mass is 164 g/mol. The number of aliphatic hydroxyl groups excluding tert-OH is 2. The Kier molecular flexibility index (Phi) is 6.45. The minimum atomic E-state index is -0.887. The second-order valence-electron chi connectivity index (χ2n) is 2.44. The minimum absolute atomic E-state index is 0.0114. The predicted molar refractivity (Wildman–Crippen MR) is 40.1 cm³/mol. The summed E-state index contributed by atoms with van der Waals surface area (Å²) < 4.78 is 9.77. The van der Waals surface area contributed by atoms with Crippen LogP contribution in [0.25, 0.3) is 0 Å².